The summed E-state index contributed by atoms with van der Waals surface area (Å²) < 4.78 is 27.9. The number of benzene rings is 3. The smallest absolute Gasteiger partial charge is 0.335 e. The minimum Gasteiger partial charge on any atom is -0.478 e. The highest BCUT2D eigenvalue weighted by atomic mass is 19.1. The molecule has 1 amide bonds. The summed E-state index contributed by atoms with van der Waals surface area (Å²) >= 11 is 0. The van der Waals surface area contributed by atoms with E-state index in [-0.39, 0.29) is 29.1 Å². The molecule has 0 aliphatic heterocycles. The Morgan fingerprint density at radius 1 is 0.970 bits per heavy atom. The SMILES string of the molecule is O=C(O)c1cccc(CCNC(=O)c2cccc(F)c2-c2cc(-c3ccc(F)cc3)n[nH]2)c1. The summed E-state index contributed by atoms with van der Waals surface area (Å²) in [4.78, 5) is 23.9. The number of rotatable bonds is 7. The van der Waals surface area contributed by atoms with Crippen molar-refractivity contribution in [2.75, 3.05) is 6.54 Å². The van der Waals surface area contributed by atoms with Gasteiger partial charge in [-0.05, 0) is 66.6 Å². The number of hydrogen-bond acceptors (Lipinski definition) is 3. The lowest BCUT2D eigenvalue weighted by Crippen LogP contribution is -2.26. The molecule has 1 aromatic heterocycles. The number of aromatic amines is 1. The molecule has 6 nitrogen and oxygen atoms in total. The molecule has 0 aliphatic carbocycles. The van der Waals surface area contributed by atoms with Crippen molar-refractivity contribution in [3.63, 3.8) is 0 Å². The largest absolute Gasteiger partial charge is 0.478 e. The van der Waals surface area contributed by atoms with Crippen molar-refractivity contribution < 1.29 is 23.5 Å². The fourth-order valence-corrected chi connectivity index (χ4v) is 3.48. The Labute approximate surface area is 187 Å². The topological polar surface area (TPSA) is 95.1 Å². The molecule has 1 heterocycles. The van der Waals surface area contributed by atoms with Gasteiger partial charge in [-0.1, -0.05) is 18.2 Å². The highest BCUT2D eigenvalue weighted by Gasteiger charge is 2.19. The van der Waals surface area contributed by atoms with Crippen LogP contribution < -0.4 is 5.32 Å². The summed E-state index contributed by atoms with van der Waals surface area (Å²) in [5.74, 6) is -2.47. The molecule has 4 aromatic rings. The van der Waals surface area contributed by atoms with Crippen LogP contribution in [0.3, 0.4) is 0 Å². The van der Waals surface area contributed by atoms with E-state index in [1.165, 1.54) is 36.4 Å². The van der Waals surface area contributed by atoms with E-state index in [4.69, 9.17) is 5.11 Å². The van der Waals surface area contributed by atoms with Crippen molar-refractivity contribution in [1.29, 1.82) is 0 Å². The molecule has 33 heavy (non-hydrogen) atoms. The molecule has 0 radical (unpaired) electrons. The number of hydrogen-bond donors (Lipinski definition) is 3. The number of aromatic nitrogens is 2. The summed E-state index contributed by atoms with van der Waals surface area (Å²) in [5, 5.41) is 18.8. The van der Waals surface area contributed by atoms with E-state index in [1.54, 1.807) is 36.4 Å². The van der Waals surface area contributed by atoms with E-state index in [0.29, 0.717) is 23.4 Å². The summed E-state index contributed by atoms with van der Waals surface area (Å²) in [6.07, 6.45) is 0.413. The number of carbonyl (C=O) groups excluding carboxylic acids is 1. The Bertz CT molecular complexity index is 1320. The van der Waals surface area contributed by atoms with Crippen LogP contribution in [-0.4, -0.2) is 33.7 Å². The Kier molecular flexibility index (Phi) is 6.26. The lowest BCUT2D eigenvalue weighted by atomic mass is 10.0. The molecule has 0 fully saturated rings. The first-order valence-corrected chi connectivity index (χ1v) is 10.1. The van der Waals surface area contributed by atoms with E-state index < -0.39 is 17.7 Å². The first kappa shape index (κ1) is 21.9. The molecule has 0 bridgehead atoms. The molecular weight excluding hydrogens is 428 g/mol. The van der Waals surface area contributed by atoms with Crippen LogP contribution in [0.5, 0.6) is 0 Å². The Balaban J connectivity index is 1.52. The summed E-state index contributed by atoms with van der Waals surface area (Å²) in [5.41, 5.74) is 2.57. The zero-order valence-corrected chi connectivity index (χ0v) is 17.3. The Morgan fingerprint density at radius 2 is 1.73 bits per heavy atom. The third-order valence-corrected chi connectivity index (χ3v) is 5.12. The fourth-order valence-electron chi connectivity index (χ4n) is 3.48. The number of aromatic carboxylic acids is 1. The maximum Gasteiger partial charge on any atom is 0.335 e. The number of carboxylic acid groups (broad SMARTS) is 1. The van der Waals surface area contributed by atoms with Crippen molar-refractivity contribution in [2.45, 2.75) is 6.42 Å². The van der Waals surface area contributed by atoms with Crippen LogP contribution in [-0.2, 0) is 6.42 Å². The van der Waals surface area contributed by atoms with Gasteiger partial charge in [-0.15, -0.1) is 0 Å². The van der Waals surface area contributed by atoms with E-state index >= 15 is 0 Å². The molecular formula is C25H19F2N3O3. The van der Waals surface area contributed by atoms with Gasteiger partial charge in [0.25, 0.3) is 5.91 Å². The molecule has 3 aromatic carbocycles. The van der Waals surface area contributed by atoms with Crippen molar-refractivity contribution in [3.8, 4) is 22.5 Å². The van der Waals surface area contributed by atoms with Gasteiger partial charge >= 0.3 is 5.97 Å². The molecule has 8 heteroatoms. The molecule has 0 saturated heterocycles. The molecule has 0 aliphatic rings. The highest BCUT2D eigenvalue weighted by Crippen LogP contribution is 2.29. The van der Waals surface area contributed by atoms with E-state index in [0.717, 1.165) is 5.56 Å². The number of carboxylic acids is 1. The maximum absolute atomic E-state index is 14.7. The average Bonchev–Trinajstić information content (AvgIpc) is 3.29. The van der Waals surface area contributed by atoms with Gasteiger partial charge in [0.2, 0.25) is 0 Å². The number of nitrogens with zero attached hydrogens (tertiary/aromatic N) is 1. The second-order valence-electron chi connectivity index (χ2n) is 7.35. The standard InChI is InChI=1S/C25H19F2N3O3/c26-18-9-7-16(8-10-18)21-14-22(30-29-21)23-19(5-2-6-20(23)27)24(31)28-12-11-15-3-1-4-17(13-15)25(32)33/h1-10,13-14H,11-12H2,(H,28,31)(H,29,30)(H,32,33). The predicted octanol–water partition coefficient (Wildman–Crippen LogP) is 4.69. The van der Waals surface area contributed by atoms with Crippen LogP contribution in [0.1, 0.15) is 26.3 Å². The lowest BCUT2D eigenvalue weighted by molar-refractivity contribution is 0.0696. The highest BCUT2D eigenvalue weighted by molar-refractivity contribution is 6.00. The third kappa shape index (κ3) is 4.95. The number of halogens is 2. The van der Waals surface area contributed by atoms with Gasteiger partial charge < -0.3 is 10.4 Å². The summed E-state index contributed by atoms with van der Waals surface area (Å²) in [6, 6.07) is 18.0. The molecule has 0 atom stereocenters. The minimum atomic E-state index is -1.02. The number of nitrogens with one attached hydrogen (secondary N) is 2. The number of amides is 1. The summed E-state index contributed by atoms with van der Waals surface area (Å²) in [6.45, 7) is 0.238. The van der Waals surface area contributed by atoms with Crippen LogP contribution in [0.25, 0.3) is 22.5 Å². The van der Waals surface area contributed by atoms with Gasteiger partial charge in [0.05, 0.1) is 22.5 Å². The molecule has 0 unspecified atom stereocenters. The molecule has 3 N–H and O–H groups in total. The fraction of sp³-hybridized carbons (Fsp3) is 0.0800. The maximum atomic E-state index is 14.7. The second kappa shape index (κ2) is 9.44. The van der Waals surface area contributed by atoms with Gasteiger partial charge in [0.15, 0.2) is 0 Å². The van der Waals surface area contributed by atoms with Crippen LogP contribution in [0, 0.1) is 11.6 Å². The van der Waals surface area contributed by atoms with Crippen molar-refractivity contribution in [1.82, 2.24) is 15.5 Å². The van der Waals surface area contributed by atoms with Gasteiger partial charge in [-0.25, -0.2) is 13.6 Å². The number of carbonyl (C=O) groups is 2. The second-order valence-corrected chi connectivity index (χ2v) is 7.35. The van der Waals surface area contributed by atoms with Crippen LogP contribution in [0.2, 0.25) is 0 Å². The predicted molar refractivity (Wildman–Crippen MR) is 119 cm³/mol. The van der Waals surface area contributed by atoms with Gasteiger partial charge in [-0.2, -0.15) is 5.10 Å². The monoisotopic (exact) mass is 447 g/mol. The van der Waals surface area contributed by atoms with Crippen molar-refractivity contribution >= 4 is 11.9 Å². The quantitative estimate of drug-likeness (QED) is 0.383. The zero-order valence-electron chi connectivity index (χ0n) is 17.3. The van der Waals surface area contributed by atoms with Gasteiger partial charge in [-0.3, -0.25) is 9.89 Å². The van der Waals surface area contributed by atoms with Crippen LogP contribution in [0.15, 0.2) is 72.8 Å². The van der Waals surface area contributed by atoms with E-state index in [1.807, 2.05) is 0 Å². The zero-order chi connectivity index (χ0) is 23.4. The van der Waals surface area contributed by atoms with E-state index in [9.17, 15) is 18.4 Å². The molecule has 166 valence electrons. The van der Waals surface area contributed by atoms with Crippen LogP contribution >= 0.6 is 0 Å². The minimum absolute atomic E-state index is 0.0729. The molecule has 0 spiro atoms. The number of H-pyrrole nitrogens is 1. The third-order valence-electron chi connectivity index (χ3n) is 5.12. The Morgan fingerprint density at radius 3 is 2.48 bits per heavy atom. The Hall–Kier alpha value is -4.33. The molecule has 0 saturated carbocycles. The average molecular weight is 447 g/mol. The first-order chi connectivity index (χ1) is 15.9. The molecule has 4 rings (SSSR count). The first-order valence-electron chi connectivity index (χ1n) is 10.1. The van der Waals surface area contributed by atoms with Crippen molar-refractivity contribution in [2.24, 2.45) is 0 Å². The summed E-state index contributed by atoms with van der Waals surface area (Å²) in [7, 11) is 0. The van der Waals surface area contributed by atoms with Gasteiger partial charge in [0.1, 0.15) is 11.6 Å². The van der Waals surface area contributed by atoms with E-state index in [2.05, 4.69) is 15.5 Å². The van der Waals surface area contributed by atoms with Crippen LogP contribution in [0.4, 0.5) is 8.78 Å². The van der Waals surface area contributed by atoms with Crippen molar-refractivity contribution in [3.05, 3.63) is 101 Å². The normalized spacial score (nSPS) is 10.7. The lowest BCUT2D eigenvalue weighted by Gasteiger charge is -2.10. The van der Waals surface area contributed by atoms with Gasteiger partial charge in [0, 0.05) is 17.7 Å².